The summed E-state index contributed by atoms with van der Waals surface area (Å²) in [6.45, 7) is 11.5. The maximum atomic E-state index is 12.1. The van der Waals surface area contributed by atoms with Crippen LogP contribution in [-0.4, -0.2) is 42.3 Å². The smallest absolute Gasteiger partial charge is 0.302 e. The Balaban J connectivity index is 1.68. The molecule has 1 spiro atoms. The third-order valence-electron chi connectivity index (χ3n) is 8.82. The minimum absolute atomic E-state index is 0.0183. The zero-order valence-corrected chi connectivity index (χ0v) is 17.6. The Morgan fingerprint density at radius 3 is 2.43 bits per heavy atom. The van der Waals surface area contributed by atoms with Crippen molar-refractivity contribution in [2.75, 3.05) is 13.2 Å². The summed E-state index contributed by atoms with van der Waals surface area (Å²) in [6.07, 6.45) is 7.96. The Bertz CT molecular complexity index is 626. The van der Waals surface area contributed by atoms with Crippen LogP contribution in [0.5, 0.6) is 0 Å². The molecule has 5 nitrogen and oxygen atoms in total. The van der Waals surface area contributed by atoms with E-state index in [9.17, 15) is 9.90 Å². The molecule has 3 saturated carbocycles. The Morgan fingerprint density at radius 2 is 1.79 bits per heavy atom. The van der Waals surface area contributed by atoms with Crippen molar-refractivity contribution >= 4 is 5.97 Å². The molecule has 4 rings (SSSR count). The van der Waals surface area contributed by atoms with Crippen LogP contribution in [0.25, 0.3) is 0 Å². The van der Waals surface area contributed by atoms with E-state index in [1.54, 1.807) is 0 Å². The lowest BCUT2D eigenvalue weighted by Crippen LogP contribution is -2.58. The highest BCUT2D eigenvalue weighted by Crippen LogP contribution is 2.65. The lowest BCUT2D eigenvalue weighted by Gasteiger charge is -2.56. The first kappa shape index (κ1) is 20.4. The normalized spacial score (nSPS) is 47.6. The highest BCUT2D eigenvalue weighted by molar-refractivity contribution is 5.66. The van der Waals surface area contributed by atoms with E-state index in [0.717, 1.165) is 44.9 Å². The summed E-state index contributed by atoms with van der Waals surface area (Å²) in [5, 5.41) is 10.2. The summed E-state index contributed by atoms with van der Waals surface area (Å²) < 4.78 is 18.4. The average molecular weight is 393 g/mol. The molecule has 0 aromatic rings. The molecule has 28 heavy (non-hydrogen) atoms. The molecule has 1 saturated heterocycles. The van der Waals surface area contributed by atoms with Gasteiger partial charge in [0.05, 0.1) is 19.3 Å². The van der Waals surface area contributed by atoms with Gasteiger partial charge in [0, 0.05) is 30.6 Å². The minimum atomic E-state index is -0.511. The second-order valence-corrected chi connectivity index (χ2v) is 10.0. The molecule has 0 aromatic heterocycles. The number of carbonyl (C=O) groups is 1. The standard InChI is InChI=1S/C23H36O5/c1-5-16-14-17(25)6-9-21(16,3)18-7-10-22(4)19(20(18)28-15(2)24)8-11-23(22)26-12-13-27-23/h5,16-20,25H,1,6-14H2,2-4H3/t16-,17-,18?,19?,20+,21-,22-/m0/s1. The van der Waals surface area contributed by atoms with Crippen molar-refractivity contribution in [3.63, 3.8) is 0 Å². The first-order valence-electron chi connectivity index (χ1n) is 11.0. The summed E-state index contributed by atoms with van der Waals surface area (Å²) in [5.41, 5.74) is -0.149. The first-order chi connectivity index (χ1) is 13.3. The van der Waals surface area contributed by atoms with Crippen LogP contribution < -0.4 is 0 Å². The summed E-state index contributed by atoms with van der Waals surface area (Å²) >= 11 is 0. The molecule has 0 amide bonds. The molecule has 0 bridgehead atoms. The van der Waals surface area contributed by atoms with Crippen molar-refractivity contribution in [1.29, 1.82) is 0 Å². The van der Waals surface area contributed by atoms with Gasteiger partial charge in [-0.05, 0) is 49.9 Å². The summed E-state index contributed by atoms with van der Waals surface area (Å²) in [6, 6.07) is 0. The molecular formula is C23H36O5. The zero-order chi connectivity index (χ0) is 20.2. The van der Waals surface area contributed by atoms with Crippen LogP contribution in [0.2, 0.25) is 0 Å². The monoisotopic (exact) mass is 392 g/mol. The molecule has 1 heterocycles. The van der Waals surface area contributed by atoms with E-state index < -0.39 is 5.79 Å². The number of carbonyl (C=O) groups excluding carboxylic acids is 1. The van der Waals surface area contributed by atoms with Gasteiger partial charge in [-0.2, -0.15) is 0 Å². The average Bonchev–Trinajstić information content (AvgIpc) is 3.24. The number of ether oxygens (including phenoxy) is 3. The Kier molecular flexibility index (Phi) is 5.17. The van der Waals surface area contributed by atoms with Crippen LogP contribution in [0.4, 0.5) is 0 Å². The molecule has 2 unspecified atom stereocenters. The maximum absolute atomic E-state index is 12.1. The quantitative estimate of drug-likeness (QED) is 0.584. The molecule has 4 fully saturated rings. The predicted octanol–water partition coefficient (Wildman–Crippen LogP) is 3.84. The highest BCUT2D eigenvalue weighted by Gasteiger charge is 2.67. The van der Waals surface area contributed by atoms with Crippen molar-refractivity contribution in [2.24, 2.45) is 28.6 Å². The summed E-state index contributed by atoms with van der Waals surface area (Å²) in [5.74, 6) is 0.0210. The van der Waals surface area contributed by atoms with Gasteiger partial charge < -0.3 is 19.3 Å². The summed E-state index contributed by atoms with van der Waals surface area (Å²) in [4.78, 5) is 12.1. The van der Waals surface area contributed by atoms with Gasteiger partial charge in [-0.3, -0.25) is 4.79 Å². The van der Waals surface area contributed by atoms with E-state index in [1.807, 2.05) is 6.08 Å². The molecule has 5 heteroatoms. The van der Waals surface area contributed by atoms with Crippen LogP contribution in [0.3, 0.4) is 0 Å². The Morgan fingerprint density at radius 1 is 1.11 bits per heavy atom. The van der Waals surface area contributed by atoms with Gasteiger partial charge in [0.15, 0.2) is 5.79 Å². The lowest BCUT2D eigenvalue weighted by molar-refractivity contribution is -0.252. The molecular weight excluding hydrogens is 356 g/mol. The van der Waals surface area contributed by atoms with Crippen LogP contribution in [0.15, 0.2) is 12.7 Å². The molecule has 1 N–H and O–H groups in total. The highest BCUT2D eigenvalue weighted by atomic mass is 16.7. The second kappa shape index (κ2) is 7.10. The van der Waals surface area contributed by atoms with Gasteiger partial charge in [-0.25, -0.2) is 0 Å². The van der Waals surface area contributed by atoms with Crippen LogP contribution in [-0.2, 0) is 19.0 Å². The van der Waals surface area contributed by atoms with Crippen LogP contribution in [0, 0.1) is 28.6 Å². The number of allylic oxidation sites excluding steroid dienone is 1. The van der Waals surface area contributed by atoms with E-state index in [1.165, 1.54) is 6.92 Å². The predicted molar refractivity (Wildman–Crippen MR) is 105 cm³/mol. The van der Waals surface area contributed by atoms with Crippen molar-refractivity contribution in [3.8, 4) is 0 Å². The number of hydrogen-bond donors (Lipinski definition) is 1. The number of rotatable bonds is 3. The van der Waals surface area contributed by atoms with Crippen molar-refractivity contribution in [1.82, 2.24) is 0 Å². The molecule has 4 aliphatic rings. The van der Waals surface area contributed by atoms with Gasteiger partial charge in [-0.15, -0.1) is 6.58 Å². The number of aliphatic hydroxyl groups is 1. The second-order valence-electron chi connectivity index (χ2n) is 10.0. The molecule has 7 atom stereocenters. The van der Waals surface area contributed by atoms with E-state index in [0.29, 0.717) is 13.2 Å². The van der Waals surface area contributed by atoms with E-state index >= 15 is 0 Å². The molecule has 0 radical (unpaired) electrons. The molecule has 1 aliphatic heterocycles. The largest absolute Gasteiger partial charge is 0.462 e. The van der Waals surface area contributed by atoms with Gasteiger partial charge in [-0.1, -0.05) is 19.9 Å². The number of aliphatic hydroxyl groups excluding tert-OH is 1. The number of hydrogen-bond acceptors (Lipinski definition) is 5. The van der Waals surface area contributed by atoms with Crippen LogP contribution >= 0.6 is 0 Å². The Hall–Kier alpha value is -0.910. The number of esters is 1. The van der Waals surface area contributed by atoms with E-state index in [4.69, 9.17) is 14.2 Å². The third kappa shape index (κ3) is 2.88. The SMILES string of the molecule is C=C[C@H]1C[C@@H](O)CC[C@]1(C)C1CC[C@@]2(C)C(CCC23OCCO3)[C@@H]1OC(C)=O. The minimum Gasteiger partial charge on any atom is -0.462 e. The topological polar surface area (TPSA) is 65.0 Å². The van der Waals surface area contributed by atoms with Crippen molar-refractivity contribution < 1.29 is 24.1 Å². The fourth-order valence-corrected chi connectivity index (χ4v) is 7.19. The van der Waals surface area contributed by atoms with Crippen molar-refractivity contribution in [3.05, 3.63) is 12.7 Å². The van der Waals surface area contributed by atoms with Gasteiger partial charge in [0.25, 0.3) is 0 Å². The van der Waals surface area contributed by atoms with E-state index in [2.05, 4.69) is 20.4 Å². The molecule has 0 aromatic carbocycles. The van der Waals surface area contributed by atoms with Gasteiger partial charge in [0.2, 0.25) is 0 Å². The van der Waals surface area contributed by atoms with Gasteiger partial charge >= 0.3 is 5.97 Å². The Labute approximate surface area is 168 Å². The van der Waals surface area contributed by atoms with Crippen LogP contribution in [0.1, 0.15) is 65.7 Å². The van der Waals surface area contributed by atoms with E-state index in [-0.39, 0.29) is 46.8 Å². The fraction of sp³-hybridized carbons (Fsp3) is 0.870. The third-order valence-corrected chi connectivity index (χ3v) is 8.82. The lowest BCUT2D eigenvalue weighted by atomic mass is 9.51. The molecule has 3 aliphatic carbocycles. The maximum Gasteiger partial charge on any atom is 0.302 e. The molecule has 158 valence electrons. The van der Waals surface area contributed by atoms with Gasteiger partial charge in [0.1, 0.15) is 6.10 Å². The fourth-order valence-electron chi connectivity index (χ4n) is 7.19. The zero-order valence-electron chi connectivity index (χ0n) is 17.6. The summed E-state index contributed by atoms with van der Waals surface area (Å²) in [7, 11) is 0. The van der Waals surface area contributed by atoms with Crippen molar-refractivity contribution in [2.45, 2.75) is 83.7 Å². The first-order valence-corrected chi connectivity index (χ1v) is 11.0. The number of fused-ring (bicyclic) bond motifs is 2.